The fraction of sp³-hybridized carbons (Fsp3) is 0.455. The van der Waals surface area contributed by atoms with Crippen molar-refractivity contribution >= 4 is 0 Å². The average molecular weight is 196 g/mol. The molecule has 78 valence electrons. The normalized spacial score (nSPS) is 10.1. The second kappa shape index (κ2) is 4.33. The van der Waals surface area contributed by atoms with Crippen LogP contribution in [0.15, 0.2) is 6.07 Å². The van der Waals surface area contributed by atoms with Crippen molar-refractivity contribution in [2.75, 3.05) is 14.2 Å². The molecule has 0 aliphatic carbocycles. The Morgan fingerprint density at radius 1 is 1.14 bits per heavy atom. The maximum atomic E-state index is 9.14. The summed E-state index contributed by atoms with van der Waals surface area (Å²) in [4.78, 5) is 0. The third-order valence-corrected chi connectivity index (χ3v) is 2.30. The van der Waals surface area contributed by atoms with Gasteiger partial charge in [0.25, 0.3) is 0 Å². The van der Waals surface area contributed by atoms with E-state index in [9.17, 15) is 0 Å². The number of hydrogen-bond acceptors (Lipinski definition) is 3. The number of benzene rings is 1. The minimum absolute atomic E-state index is 0.0190. The summed E-state index contributed by atoms with van der Waals surface area (Å²) in [5.41, 5.74) is 2.73. The summed E-state index contributed by atoms with van der Waals surface area (Å²) in [6.45, 7) is 3.85. The van der Waals surface area contributed by atoms with E-state index in [-0.39, 0.29) is 6.61 Å². The van der Waals surface area contributed by atoms with E-state index < -0.39 is 0 Å². The van der Waals surface area contributed by atoms with Crippen molar-refractivity contribution in [3.8, 4) is 11.5 Å². The van der Waals surface area contributed by atoms with Crippen LogP contribution in [-0.2, 0) is 6.61 Å². The van der Waals surface area contributed by atoms with Crippen molar-refractivity contribution in [3.05, 3.63) is 22.8 Å². The summed E-state index contributed by atoms with van der Waals surface area (Å²) in [6, 6.07) is 1.88. The van der Waals surface area contributed by atoms with Crippen LogP contribution in [0.25, 0.3) is 0 Å². The lowest BCUT2D eigenvalue weighted by Crippen LogP contribution is -1.99. The molecule has 3 heteroatoms. The van der Waals surface area contributed by atoms with Crippen LogP contribution in [-0.4, -0.2) is 19.3 Å². The highest BCUT2D eigenvalue weighted by atomic mass is 16.5. The molecule has 0 atom stereocenters. The third-order valence-electron chi connectivity index (χ3n) is 2.30. The molecule has 14 heavy (non-hydrogen) atoms. The zero-order chi connectivity index (χ0) is 10.7. The van der Waals surface area contributed by atoms with Gasteiger partial charge in [-0.05, 0) is 25.5 Å². The van der Waals surface area contributed by atoms with Crippen LogP contribution in [0.3, 0.4) is 0 Å². The summed E-state index contributed by atoms with van der Waals surface area (Å²) >= 11 is 0. The van der Waals surface area contributed by atoms with Gasteiger partial charge in [0.2, 0.25) is 0 Å². The topological polar surface area (TPSA) is 38.7 Å². The maximum absolute atomic E-state index is 9.14. The van der Waals surface area contributed by atoms with Gasteiger partial charge in [0.1, 0.15) is 11.5 Å². The summed E-state index contributed by atoms with van der Waals surface area (Å²) in [6.07, 6.45) is 0. The van der Waals surface area contributed by atoms with Crippen LogP contribution in [0.5, 0.6) is 11.5 Å². The molecule has 3 nitrogen and oxygen atoms in total. The summed E-state index contributed by atoms with van der Waals surface area (Å²) < 4.78 is 10.5. The van der Waals surface area contributed by atoms with Gasteiger partial charge in [0, 0.05) is 11.1 Å². The Labute approximate surface area is 84.3 Å². The molecule has 1 aromatic carbocycles. The molecule has 0 heterocycles. The molecular weight excluding hydrogens is 180 g/mol. The van der Waals surface area contributed by atoms with Gasteiger partial charge in [0.15, 0.2) is 0 Å². The summed E-state index contributed by atoms with van der Waals surface area (Å²) in [7, 11) is 3.23. The molecule has 0 fully saturated rings. The highest BCUT2D eigenvalue weighted by molar-refractivity contribution is 5.53. The van der Waals surface area contributed by atoms with Crippen LogP contribution in [0.2, 0.25) is 0 Å². The van der Waals surface area contributed by atoms with Gasteiger partial charge in [0.05, 0.1) is 20.8 Å². The van der Waals surface area contributed by atoms with E-state index in [0.717, 1.165) is 22.4 Å². The van der Waals surface area contributed by atoms with Gasteiger partial charge in [-0.25, -0.2) is 0 Å². The van der Waals surface area contributed by atoms with E-state index in [2.05, 4.69) is 0 Å². The standard InChI is InChI=1S/C11H16O3/c1-7-5-9(6-12)11(14-4)8(2)10(7)13-3/h5,12H,6H2,1-4H3. The van der Waals surface area contributed by atoms with Gasteiger partial charge in [-0.2, -0.15) is 0 Å². The van der Waals surface area contributed by atoms with E-state index in [1.165, 1.54) is 0 Å². The minimum Gasteiger partial charge on any atom is -0.496 e. The van der Waals surface area contributed by atoms with Crippen molar-refractivity contribution in [2.24, 2.45) is 0 Å². The first-order valence-electron chi connectivity index (χ1n) is 4.47. The Morgan fingerprint density at radius 3 is 2.14 bits per heavy atom. The quantitative estimate of drug-likeness (QED) is 0.801. The van der Waals surface area contributed by atoms with Crippen LogP contribution < -0.4 is 9.47 Å². The molecular formula is C11H16O3. The van der Waals surface area contributed by atoms with Crippen LogP contribution in [0, 0.1) is 13.8 Å². The average Bonchev–Trinajstić information content (AvgIpc) is 2.17. The second-order valence-corrected chi connectivity index (χ2v) is 3.20. The molecule has 0 aliphatic heterocycles. The highest BCUT2D eigenvalue weighted by Crippen LogP contribution is 2.34. The Balaban J connectivity index is 3.39. The van der Waals surface area contributed by atoms with Crippen LogP contribution in [0.4, 0.5) is 0 Å². The van der Waals surface area contributed by atoms with Gasteiger partial charge in [-0.3, -0.25) is 0 Å². The molecule has 0 unspecified atom stereocenters. The van der Waals surface area contributed by atoms with Crippen molar-refractivity contribution in [2.45, 2.75) is 20.5 Å². The van der Waals surface area contributed by atoms with Crippen LogP contribution >= 0.6 is 0 Å². The molecule has 0 amide bonds. The van der Waals surface area contributed by atoms with E-state index in [0.29, 0.717) is 5.75 Å². The van der Waals surface area contributed by atoms with Gasteiger partial charge in [-0.15, -0.1) is 0 Å². The molecule has 0 spiro atoms. The first-order valence-corrected chi connectivity index (χ1v) is 4.47. The number of aliphatic hydroxyl groups excluding tert-OH is 1. The fourth-order valence-corrected chi connectivity index (χ4v) is 1.75. The van der Waals surface area contributed by atoms with Crippen molar-refractivity contribution in [3.63, 3.8) is 0 Å². The molecule has 0 radical (unpaired) electrons. The Bertz CT molecular complexity index is 332. The van der Waals surface area contributed by atoms with E-state index in [1.54, 1.807) is 14.2 Å². The van der Waals surface area contributed by atoms with E-state index >= 15 is 0 Å². The lowest BCUT2D eigenvalue weighted by molar-refractivity contribution is 0.272. The Morgan fingerprint density at radius 2 is 1.71 bits per heavy atom. The lowest BCUT2D eigenvalue weighted by atomic mass is 10.0. The molecule has 0 aliphatic rings. The Kier molecular flexibility index (Phi) is 3.36. The van der Waals surface area contributed by atoms with Crippen molar-refractivity contribution in [1.29, 1.82) is 0 Å². The smallest absolute Gasteiger partial charge is 0.130 e. The number of aryl methyl sites for hydroxylation is 1. The van der Waals surface area contributed by atoms with E-state index in [1.807, 2.05) is 19.9 Å². The molecule has 0 saturated heterocycles. The third kappa shape index (κ3) is 1.68. The number of rotatable bonds is 3. The number of aliphatic hydroxyl groups is 1. The minimum atomic E-state index is -0.0190. The number of methoxy groups -OCH3 is 2. The monoisotopic (exact) mass is 196 g/mol. The largest absolute Gasteiger partial charge is 0.496 e. The summed E-state index contributed by atoms with van der Waals surface area (Å²) in [5.74, 6) is 1.52. The maximum Gasteiger partial charge on any atom is 0.130 e. The zero-order valence-electron chi connectivity index (χ0n) is 9.05. The molecule has 1 N–H and O–H groups in total. The van der Waals surface area contributed by atoms with Gasteiger partial charge < -0.3 is 14.6 Å². The zero-order valence-corrected chi connectivity index (χ0v) is 9.05. The molecule has 0 saturated carbocycles. The first-order chi connectivity index (χ1) is 6.65. The van der Waals surface area contributed by atoms with Crippen LogP contribution in [0.1, 0.15) is 16.7 Å². The van der Waals surface area contributed by atoms with Crippen molar-refractivity contribution in [1.82, 2.24) is 0 Å². The molecule has 1 rings (SSSR count). The number of ether oxygens (including phenoxy) is 2. The fourth-order valence-electron chi connectivity index (χ4n) is 1.75. The summed E-state index contributed by atoms with van der Waals surface area (Å²) in [5, 5.41) is 9.14. The SMILES string of the molecule is COc1c(C)cc(CO)c(OC)c1C. The Hall–Kier alpha value is -1.22. The first kappa shape index (κ1) is 10.9. The molecule has 0 aromatic heterocycles. The molecule has 0 bridgehead atoms. The van der Waals surface area contributed by atoms with E-state index in [4.69, 9.17) is 14.6 Å². The predicted octanol–water partition coefficient (Wildman–Crippen LogP) is 1.81. The van der Waals surface area contributed by atoms with Gasteiger partial charge >= 0.3 is 0 Å². The predicted molar refractivity (Wildman–Crippen MR) is 54.9 cm³/mol. The molecule has 1 aromatic rings. The lowest BCUT2D eigenvalue weighted by Gasteiger charge is -2.15. The number of hydrogen-bond donors (Lipinski definition) is 1. The highest BCUT2D eigenvalue weighted by Gasteiger charge is 2.13. The van der Waals surface area contributed by atoms with Gasteiger partial charge in [-0.1, -0.05) is 0 Å². The second-order valence-electron chi connectivity index (χ2n) is 3.20. The van der Waals surface area contributed by atoms with Crippen molar-refractivity contribution < 1.29 is 14.6 Å².